The third-order valence-electron chi connectivity index (χ3n) is 5.05. The van der Waals surface area contributed by atoms with E-state index in [1.54, 1.807) is 0 Å². The highest BCUT2D eigenvalue weighted by molar-refractivity contribution is 5.78. The zero-order valence-corrected chi connectivity index (χ0v) is 15.6. The second kappa shape index (κ2) is 9.35. The molecule has 3 nitrogen and oxygen atoms in total. The second-order valence-electron chi connectivity index (χ2n) is 7.07. The summed E-state index contributed by atoms with van der Waals surface area (Å²) in [4.78, 5) is 17.0. The summed E-state index contributed by atoms with van der Waals surface area (Å²) in [6.45, 7) is 3.64. The molecule has 0 aromatic heterocycles. The van der Waals surface area contributed by atoms with Gasteiger partial charge in [0.25, 0.3) is 0 Å². The van der Waals surface area contributed by atoms with Crippen molar-refractivity contribution in [1.29, 1.82) is 0 Å². The van der Waals surface area contributed by atoms with Crippen LogP contribution in [0.5, 0.6) is 0 Å². The minimum Gasteiger partial charge on any atom is -0.341 e. The standard InChI is InChI=1S/C23H28N2O/c1-24(19-21-11-6-3-7-12-21)23(26)22-14-17-25(18-15-22)16-8-13-20-9-4-2-5-10-20/h2-13,22H,14-19H2,1H3. The topological polar surface area (TPSA) is 23.6 Å². The molecule has 0 saturated carbocycles. The number of rotatable bonds is 6. The van der Waals surface area contributed by atoms with E-state index in [1.807, 2.05) is 36.2 Å². The quantitative estimate of drug-likeness (QED) is 0.786. The number of piperidine rings is 1. The molecule has 0 atom stereocenters. The molecule has 0 unspecified atom stereocenters. The van der Waals surface area contributed by atoms with E-state index in [1.165, 1.54) is 11.1 Å². The highest BCUT2D eigenvalue weighted by Gasteiger charge is 2.26. The van der Waals surface area contributed by atoms with Crippen LogP contribution in [0.3, 0.4) is 0 Å². The first-order valence-electron chi connectivity index (χ1n) is 9.45. The fourth-order valence-corrected chi connectivity index (χ4v) is 3.51. The summed E-state index contributed by atoms with van der Waals surface area (Å²) >= 11 is 0. The van der Waals surface area contributed by atoms with Crippen LogP contribution in [0.4, 0.5) is 0 Å². The molecular formula is C23H28N2O. The summed E-state index contributed by atoms with van der Waals surface area (Å²) in [5.74, 6) is 0.450. The molecule has 0 bridgehead atoms. The van der Waals surface area contributed by atoms with Crippen molar-refractivity contribution in [2.24, 2.45) is 5.92 Å². The number of likely N-dealkylation sites (tertiary alicyclic amines) is 1. The fraction of sp³-hybridized carbons (Fsp3) is 0.348. The number of carbonyl (C=O) groups excluding carboxylic acids is 1. The molecule has 0 spiro atoms. The van der Waals surface area contributed by atoms with Gasteiger partial charge in [-0.3, -0.25) is 9.69 Å². The van der Waals surface area contributed by atoms with Crippen molar-refractivity contribution in [2.75, 3.05) is 26.7 Å². The van der Waals surface area contributed by atoms with Gasteiger partial charge in [0.2, 0.25) is 5.91 Å². The molecular weight excluding hydrogens is 320 g/mol. The summed E-state index contributed by atoms with van der Waals surface area (Å²) < 4.78 is 0. The number of benzene rings is 2. The molecule has 1 saturated heterocycles. The SMILES string of the molecule is CN(Cc1ccccc1)C(=O)C1CCN(CC=Cc2ccccc2)CC1. The smallest absolute Gasteiger partial charge is 0.225 e. The van der Waals surface area contributed by atoms with Crippen molar-refractivity contribution in [3.05, 3.63) is 77.9 Å². The lowest BCUT2D eigenvalue weighted by molar-refractivity contribution is -0.136. The minimum atomic E-state index is 0.165. The van der Waals surface area contributed by atoms with Gasteiger partial charge in [-0.05, 0) is 37.1 Å². The lowest BCUT2D eigenvalue weighted by Gasteiger charge is -2.32. The van der Waals surface area contributed by atoms with Gasteiger partial charge in [0, 0.05) is 26.1 Å². The molecule has 1 heterocycles. The van der Waals surface area contributed by atoms with Crippen LogP contribution in [0.2, 0.25) is 0 Å². The summed E-state index contributed by atoms with van der Waals surface area (Å²) in [6, 6.07) is 20.6. The monoisotopic (exact) mass is 348 g/mol. The lowest BCUT2D eigenvalue weighted by atomic mass is 9.95. The summed E-state index contributed by atoms with van der Waals surface area (Å²) in [6.07, 6.45) is 6.30. The maximum Gasteiger partial charge on any atom is 0.225 e. The Balaban J connectivity index is 1.42. The lowest BCUT2D eigenvalue weighted by Crippen LogP contribution is -2.41. The molecule has 0 radical (unpaired) electrons. The number of nitrogens with zero attached hydrogens (tertiary/aromatic N) is 2. The molecule has 136 valence electrons. The average molecular weight is 348 g/mol. The third-order valence-corrected chi connectivity index (χ3v) is 5.05. The van der Waals surface area contributed by atoms with E-state index in [0.717, 1.165) is 32.5 Å². The summed E-state index contributed by atoms with van der Waals surface area (Å²) in [5.41, 5.74) is 2.42. The van der Waals surface area contributed by atoms with Gasteiger partial charge >= 0.3 is 0 Å². The number of hydrogen-bond donors (Lipinski definition) is 0. The van der Waals surface area contributed by atoms with E-state index in [4.69, 9.17) is 0 Å². The van der Waals surface area contributed by atoms with Crippen LogP contribution < -0.4 is 0 Å². The fourth-order valence-electron chi connectivity index (χ4n) is 3.51. The Morgan fingerprint density at radius 1 is 1.04 bits per heavy atom. The molecule has 1 aliphatic rings. The second-order valence-corrected chi connectivity index (χ2v) is 7.07. The normalized spacial score (nSPS) is 16.0. The van der Waals surface area contributed by atoms with Gasteiger partial charge in [-0.15, -0.1) is 0 Å². The number of amides is 1. The number of carbonyl (C=O) groups is 1. The van der Waals surface area contributed by atoms with Gasteiger partial charge in [-0.25, -0.2) is 0 Å². The Morgan fingerprint density at radius 2 is 1.65 bits per heavy atom. The molecule has 0 N–H and O–H groups in total. The van der Waals surface area contributed by atoms with Gasteiger partial charge in [-0.2, -0.15) is 0 Å². The Hall–Kier alpha value is -2.39. The maximum atomic E-state index is 12.7. The predicted octanol–water partition coefficient (Wildman–Crippen LogP) is 4.07. The first-order chi connectivity index (χ1) is 12.7. The average Bonchev–Trinajstić information content (AvgIpc) is 2.69. The molecule has 1 fully saturated rings. The van der Waals surface area contributed by atoms with Crippen LogP contribution in [-0.2, 0) is 11.3 Å². The van der Waals surface area contributed by atoms with Crippen molar-refractivity contribution >= 4 is 12.0 Å². The van der Waals surface area contributed by atoms with Crippen LogP contribution in [0, 0.1) is 5.92 Å². The molecule has 0 aliphatic carbocycles. The van der Waals surface area contributed by atoms with Crippen molar-refractivity contribution < 1.29 is 4.79 Å². The first kappa shape index (κ1) is 18.4. The van der Waals surface area contributed by atoms with Crippen LogP contribution >= 0.6 is 0 Å². The third kappa shape index (κ3) is 5.30. The Bertz CT molecular complexity index is 704. The van der Waals surface area contributed by atoms with Crippen LogP contribution in [0.1, 0.15) is 24.0 Å². The zero-order valence-electron chi connectivity index (χ0n) is 15.6. The van der Waals surface area contributed by atoms with Crippen molar-refractivity contribution in [3.63, 3.8) is 0 Å². The molecule has 1 aliphatic heterocycles. The van der Waals surface area contributed by atoms with E-state index in [0.29, 0.717) is 6.54 Å². The van der Waals surface area contributed by atoms with E-state index in [-0.39, 0.29) is 11.8 Å². The van der Waals surface area contributed by atoms with Crippen molar-refractivity contribution in [2.45, 2.75) is 19.4 Å². The molecule has 3 heteroatoms. The maximum absolute atomic E-state index is 12.7. The molecule has 1 amide bonds. The minimum absolute atomic E-state index is 0.165. The number of hydrogen-bond acceptors (Lipinski definition) is 2. The van der Waals surface area contributed by atoms with Gasteiger partial charge in [0.05, 0.1) is 0 Å². The van der Waals surface area contributed by atoms with Gasteiger partial charge in [0.15, 0.2) is 0 Å². The largest absolute Gasteiger partial charge is 0.341 e. The van der Waals surface area contributed by atoms with E-state index >= 15 is 0 Å². The highest BCUT2D eigenvalue weighted by Crippen LogP contribution is 2.20. The van der Waals surface area contributed by atoms with Crippen molar-refractivity contribution in [3.8, 4) is 0 Å². The van der Waals surface area contributed by atoms with Gasteiger partial charge in [-0.1, -0.05) is 72.8 Å². The summed E-state index contributed by atoms with van der Waals surface area (Å²) in [5, 5.41) is 0. The highest BCUT2D eigenvalue weighted by atomic mass is 16.2. The van der Waals surface area contributed by atoms with Crippen LogP contribution in [0.25, 0.3) is 6.08 Å². The zero-order chi connectivity index (χ0) is 18.2. The molecule has 3 rings (SSSR count). The summed E-state index contributed by atoms with van der Waals surface area (Å²) in [7, 11) is 1.92. The van der Waals surface area contributed by atoms with E-state index in [2.05, 4.69) is 53.5 Å². The van der Waals surface area contributed by atoms with E-state index in [9.17, 15) is 4.79 Å². The Labute approximate surface area is 156 Å². The Morgan fingerprint density at radius 3 is 2.31 bits per heavy atom. The molecule has 2 aromatic rings. The predicted molar refractivity (Wildman–Crippen MR) is 108 cm³/mol. The van der Waals surface area contributed by atoms with Crippen molar-refractivity contribution in [1.82, 2.24) is 9.80 Å². The molecule has 26 heavy (non-hydrogen) atoms. The Kier molecular flexibility index (Phi) is 6.62. The first-order valence-corrected chi connectivity index (χ1v) is 9.45. The van der Waals surface area contributed by atoms with Gasteiger partial charge in [0.1, 0.15) is 0 Å². The van der Waals surface area contributed by atoms with E-state index < -0.39 is 0 Å². The van der Waals surface area contributed by atoms with Crippen LogP contribution in [-0.4, -0.2) is 42.4 Å². The van der Waals surface area contributed by atoms with Crippen LogP contribution in [0.15, 0.2) is 66.7 Å². The molecule has 2 aromatic carbocycles. The van der Waals surface area contributed by atoms with Gasteiger partial charge < -0.3 is 4.90 Å².